The molecule has 0 fully saturated rings. The molecule has 7 nitrogen and oxygen atoms in total. The molecule has 4 rings (SSSR count). The van der Waals surface area contributed by atoms with Gasteiger partial charge < -0.3 is 20.9 Å². The molecule has 4 N–H and O–H groups in total. The number of urea groups is 1. The monoisotopic (exact) mass is 447 g/mol. The van der Waals surface area contributed by atoms with Crippen LogP contribution in [0.15, 0.2) is 60.0 Å². The normalized spacial score (nSPS) is 12.0. The van der Waals surface area contributed by atoms with Gasteiger partial charge in [0.15, 0.2) is 5.13 Å². The van der Waals surface area contributed by atoms with Crippen LogP contribution in [0.2, 0.25) is 0 Å². The number of para-hydroxylation sites is 2. The van der Waals surface area contributed by atoms with E-state index in [1.807, 2.05) is 62.5 Å². The fourth-order valence-electron chi connectivity index (χ4n) is 3.60. The van der Waals surface area contributed by atoms with E-state index in [0.717, 1.165) is 27.9 Å². The zero-order chi connectivity index (χ0) is 22.7. The van der Waals surface area contributed by atoms with Crippen molar-refractivity contribution in [2.75, 3.05) is 10.6 Å². The standard InChI is InChI=1S/C24H25N5O2S/c1-14(2)21(28-23(31)26-16-9-5-4-6-10-16)22(30)29-24-27-19(13-32-24)20-15(3)25-18-12-8-7-11-17(18)20/h4-14,21,25H,1-3H3,(H2,26,28,31)(H,27,29,30). The van der Waals surface area contributed by atoms with E-state index in [9.17, 15) is 9.59 Å². The smallest absolute Gasteiger partial charge is 0.319 e. The summed E-state index contributed by atoms with van der Waals surface area (Å²) in [6.07, 6.45) is 0. The van der Waals surface area contributed by atoms with Gasteiger partial charge in [0.1, 0.15) is 6.04 Å². The quantitative estimate of drug-likeness (QED) is 0.319. The fraction of sp³-hybridized carbons (Fsp3) is 0.208. The predicted molar refractivity (Wildman–Crippen MR) is 130 cm³/mol. The molecule has 0 radical (unpaired) electrons. The maximum atomic E-state index is 12.9. The summed E-state index contributed by atoms with van der Waals surface area (Å²) in [6, 6.07) is 16.0. The molecular formula is C24H25N5O2S. The second-order valence-electron chi connectivity index (χ2n) is 7.88. The molecule has 2 aromatic heterocycles. The molecule has 0 spiro atoms. The van der Waals surface area contributed by atoms with Gasteiger partial charge in [-0.2, -0.15) is 0 Å². The van der Waals surface area contributed by atoms with Gasteiger partial charge in [-0.05, 0) is 31.0 Å². The number of fused-ring (bicyclic) bond motifs is 1. The Kier molecular flexibility index (Phi) is 6.23. The number of nitrogens with zero attached hydrogens (tertiary/aromatic N) is 1. The summed E-state index contributed by atoms with van der Waals surface area (Å²) in [4.78, 5) is 33.3. The summed E-state index contributed by atoms with van der Waals surface area (Å²) in [6.45, 7) is 5.78. The van der Waals surface area contributed by atoms with E-state index in [4.69, 9.17) is 0 Å². The number of rotatable bonds is 6. The minimum atomic E-state index is -0.708. The number of thiazole rings is 1. The molecule has 32 heavy (non-hydrogen) atoms. The SMILES string of the molecule is Cc1[nH]c2ccccc2c1-c1csc(NC(=O)C(NC(=O)Nc2ccccc2)C(C)C)n1. The number of hydrogen-bond acceptors (Lipinski definition) is 4. The van der Waals surface area contributed by atoms with Crippen LogP contribution >= 0.6 is 11.3 Å². The van der Waals surface area contributed by atoms with Gasteiger partial charge in [-0.3, -0.25) is 4.79 Å². The fourth-order valence-corrected chi connectivity index (χ4v) is 4.31. The molecule has 1 unspecified atom stereocenters. The zero-order valence-corrected chi connectivity index (χ0v) is 18.9. The molecule has 0 aliphatic carbocycles. The van der Waals surface area contributed by atoms with Crippen LogP contribution in [0.1, 0.15) is 19.5 Å². The Morgan fingerprint density at radius 2 is 1.72 bits per heavy atom. The lowest BCUT2D eigenvalue weighted by molar-refractivity contribution is -0.118. The highest BCUT2D eigenvalue weighted by atomic mass is 32.1. The summed E-state index contributed by atoms with van der Waals surface area (Å²) in [5, 5.41) is 11.9. The highest BCUT2D eigenvalue weighted by Gasteiger charge is 2.25. The third-order valence-electron chi connectivity index (χ3n) is 5.15. The average molecular weight is 448 g/mol. The number of carbonyl (C=O) groups is 2. The minimum Gasteiger partial charge on any atom is -0.358 e. The van der Waals surface area contributed by atoms with Crippen LogP contribution in [0.25, 0.3) is 22.2 Å². The van der Waals surface area contributed by atoms with Crippen LogP contribution in [0.5, 0.6) is 0 Å². The highest BCUT2D eigenvalue weighted by molar-refractivity contribution is 7.14. The lowest BCUT2D eigenvalue weighted by atomic mass is 10.0. The number of amides is 3. The first-order valence-corrected chi connectivity index (χ1v) is 11.3. The molecule has 4 aromatic rings. The number of benzene rings is 2. The molecule has 0 aliphatic rings. The Morgan fingerprint density at radius 3 is 2.47 bits per heavy atom. The van der Waals surface area contributed by atoms with Gasteiger partial charge in [0.2, 0.25) is 5.91 Å². The first-order chi connectivity index (χ1) is 15.4. The number of carbonyl (C=O) groups excluding carboxylic acids is 2. The van der Waals surface area contributed by atoms with Crippen LogP contribution < -0.4 is 16.0 Å². The number of hydrogen-bond donors (Lipinski definition) is 4. The first kappa shape index (κ1) is 21.6. The van der Waals surface area contributed by atoms with Crippen molar-refractivity contribution in [2.24, 2.45) is 5.92 Å². The molecule has 0 bridgehead atoms. The van der Waals surface area contributed by atoms with Crippen molar-refractivity contribution in [3.8, 4) is 11.3 Å². The Balaban J connectivity index is 1.47. The topological polar surface area (TPSA) is 98.9 Å². The summed E-state index contributed by atoms with van der Waals surface area (Å²) in [5.41, 5.74) is 4.56. The van der Waals surface area contributed by atoms with E-state index < -0.39 is 12.1 Å². The predicted octanol–water partition coefficient (Wildman–Crippen LogP) is 5.38. The van der Waals surface area contributed by atoms with Crippen molar-refractivity contribution in [3.63, 3.8) is 0 Å². The summed E-state index contributed by atoms with van der Waals surface area (Å²) in [7, 11) is 0. The van der Waals surface area contributed by atoms with Gasteiger partial charge in [0.25, 0.3) is 0 Å². The molecule has 0 aliphatic heterocycles. The van der Waals surface area contributed by atoms with Crippen molar-refractivity contribution in [2.45, 2.75) is 26.8 Å². The van der Waals surface area contributed by atoms with Gasteiger partial charge >= 0.3 is 6.03 Å². The van der Waals surface area contributed by atoms with Crippen LogP contribution in [0.4, 0.5) is 15.6 Å². The second-order valence-corrected chi connectivity index (χ2v) is 8.74. The van der Waals surface area contributed by atoms with Crippen molar-refractivity contribution in [1.82, 2.24) is 15.3 Å². The molecule has 1 atom stereocenters. The molecule has 164 valence electrons. The van der Waals surface area contributed by atoms with E-state index in [0.29, 0.717) is 10.8 Å². The van der Waals surface area contributed by atoms with Gasteiger partial charge in [0, 0.05) is 33.2 Å². The summed E-state index contributed by atoms with van der Waals surface area (Å²) >= 11 is 1.36. The molecule has 0 saturated heterocycles. The van der Waals surface area contributed by atoms with Gasteiger partial charge in [0.05, 0.1) is 5.69 Å². The minimum absolute atomic E-state index is 0.105. The maximum absolute atomic E-state index is 12.9. The van der Waals surface area contributed by atoms with Gasteiger partial charge in [-0.25, -0.2) is 9.78 Å². The Labute approximate surface area is 190 Å². The van der Waals surface area contributed by atoms with Crippen molar-refractivity contribution >= 4 is 45.0 Å². The molecular weight excluding hydrogens is 422 g/mol. The lowest BCUT2D eigenvalue weighted by Gasteiger charge is -2.21. The van der Waals surface area contributed by atoms with Crippen molar-refractivity contribution in [1.29, 1.82) is 0 Å². The van der Waals surface area contributed by atoms with E-state index in [2.05, 4.69) is 32.0 Å². The molecule has 8 heteroatoms. The van der Waals surface area contributed by atoms with E-state index >= 15 is 0 Å². The molecule has 2 aromatic carbocycles. The number of anilines is 2. The summed E-state index contributed by atoms with van der Waals surface area (Å²) in [5.74, 6) is -0.411. The second kappa shape index (κ2) is 9.23. The number of nitrogens with one attached hydrogen (secondary N) is 4. The first-order valence-electron chi connectivity index (χ1n) is 10.4. The largest absolute Gasteiger partial charge is 0.358 e. The number of aromatic nitrogens is 2. The van der Waals surface area contributed by atoms with Gasteiger partial charge in [-0.15, -0.1) is 11.3 Å². The van der Waals surface area contributed by atoms with E-state index in [1.54, 1.807) is 12.1 Å². The molecule has 2 heterocycles. The summed E-state index contributed by atoms with van der Waals surface area (Å²) < 4.78 is 0. The van der Waals surface area contributed by atoms with Crippen LogP contribution in [-0.2, 0) is 4.79 Å². The van der Waals surface area contributed by atoms with Crippen LogP contribution in [0.3, 0.4) is 0 Å². The van der Waals surface area contributed by atoms with Crippen LogP contribution in [0, 0.1) is 12.8 Å². The highest BCUT2D eigenvalue weighted by Crippen LogP contribution is 2.33. The van der Waals surface area contributed by atoms with Crippen LogP contribution in [-0.4, -0.2) is 27.9 Å². The lowest BCUT2D eigenvalue weighted by Crippen LogP contribution is -2.48. The molecule has 0 saturated carbocycles. The maximum Gasteiger partial charge on any atom is 0.319 e. The van der Waals surface area contributed by atoms with Crippen molar-refractivity contribution in [3.05, 3.63) is 65.7 Å². The van der Waals surface area contributed by atoms with E-state index in [1.165, 1.54) is 11.3 Å². The third kappa shape index (κ3) is 4.65. The Morgan fingerprint density at radius 1 is 1.00 bits per heavy atom. The number of H-pyrrole nitrogens is 1. The Bertz CT molecular complexity index is 1250. The zero-order valence-electron chi connectivity index (χ0n) is 18.1. The number of aryl methyl sites for hydroxylation is 1. The Hall–Kier alpha value is -3.65. The average Bonchev–Trinajstić information content (AvgIpc) is 3.35. The van der Waals surface area contributed by atoms with E-state index in [-0.39, 0.29) is 11.8 Å². The van der Waals surface area contributed by atoms with Gasteiger partial charge in [-0.1, -0.05) is 50.2 Å². The van der Waals surface area contributed by atoms with Crippen molar-refractivity contribution < 1.29 is 9.59 Å². The third-order valence-corrected chi connectivity index (χ3v) is 5.91. The molecule has 3 amide bonds. The number of aromatic amines is 1.